The van der Waals surface area contributed by atoms with Crippen molar-refractivity contribution in [3.8, 4) is 5.75 Å². The molecule has 2 N–H and O–H groups in total. The van der Waals surface area contributed by atoms with Crippen LogP contribution in [0, 0.1) is 6.92 Å². The molecule has 27 heavy (non-hydrogen) atoms. The number of hydrogen-bond donors (Lipinski definition) is 2. The van der Waals surface area contributed by atoms with Crippen molar-refractivity contribution < 1.29 is 19.4 Å². The number of aromatic nitrogens is 1. The van der Waals surface area contributed by atoms with Crippen LogP contribution in [0.2, 0.25) is 0 Å². The number of aryl methyl sites for hydroxylation is 1. The van der Waals surface area contributed by atoms with E-state index in [1.54, 1.807) is 6.92 Å². The van der Waals surface area contributed by atoms with Crippen molar-refractivity contribution in [2.45, 2.75) is 46.3 Å². The summed E-state index contributed by atoms with van der Waals surface area (Å²) in [5, 5.41) is 14.1. The molecule has 7 heteroatoms. The molecule has 0 radical (unpaired) electrons. The van der Waals surface area contributed by atoms with Crippen molar-refractivity contribution in [1.82, 2.24) is 9.88 Å². The Morgan fingerprint density at radius 2 is 2.00 bits per heavy atom. The van der Waals surface area contributed by atoms with Crippen LogP contribution >= 0.6 is 12.4 Å². The number of fused-ring (bicyclic) bond motifs is 1. The van der Waals surface area contributed by atoms with E-state index in [2.05, 4.69) is 5.32 Å². The molecule has 1 atom stereocenters. The van der Waals surface area contributed by atoms with Gasteiger partial charge in [0.05, 0.1) is 12.2 Å². The van der Waals surface area contributed by atoms with E-state index in [0.29, 0.717) is 24.5 Å². The first kappa shape index (κ1) is 23.3. The van der Waals surface area contributed by atoms with Gasteiger partial charge in [0.2, 0.25) is 0 Å². The molecule has 0 spiro atoms. The summed E-state index contributed by atoms with van der Waals surface area (Å²) >= 11 is 0. The lowest BCUT2D eigenvalue weighted by Gasteiger charge is -2.23. The lowest BCUT2D eigenvalue weighted by Crippen LogP contribution is -2.42. The molecule has 0 saturated carbocycles. The van der Waals surface area contributed by atoms with Crippen molar-refractivity contribution >= 4 is 29.3 Å². The monoisotopic (exact) mass is 398 g/mol. The third-order valence-electron chi connectivity index (χ3n) is 4.25. The van der Waals surface area contributed by atoms with Gasteiger partial charge in [-0.15, -0.1) is 12.4 Å². The summed E-state index contributed by atoms with van der Waals surface area (Å²) in [6.07, 6.45) is -0.619. The fourth-order valence-electron chi connectivity index (χ4n) is 2.78. The van der Waals surface area contributed by atoms with Crippen LogP contribution in [0.15, 0.2) is 18.2 Å². The predicted molar refractivity (Wildman–Crippen MR) is 110 cm³/mol. The van der Waals surface area contributed by atoms with Crippen molar-refractivity contribution in [3.63, 3.8) is 0 Å². The number of rotatable bonds is 7. The van der Waals surface area contributed by atoms with Gasteiger partial charge in [0.25, 0.3) is 0 Å². The van der Waals surface area contributed by atoms with Gasteiger partial charge >= 0.3 is 5.97 Å². The summed E-state index contributed by atoms with van der Waals surface area (Å²) in [5.41, 5.74) is 2.29. The SMILES string of the molecule is CCOC(=O)c1c(C)n(C)c2ccc(OCC(O)CNC(C)(C)C)cc12.Cl. The van der Waals surface area contributed by atoms with Crippen LogP contribution in [0.5, 0.6) is 5.75 Å². The van der Waals surface area contributed by atoms with Gasteiger partial charge in [-0.3, -0.25) is 0 Å². The third kappa shape index (κ3) is 5.86. The maximum absolute atomic E-state index is 12.3. The molecule has 0 fully saturated rings. The summed E-state index contributed by atoms with van der Waals surface area (Å²) < 4.78 is 12.9. The summed E-state index contributed by atoms with van der Waals surface area (Å²) in [6, 6.07) is 5.60. The fourth-order valence-corrected chi connectivity index (χ4v) is 2.78. The molecular weight excluding hydrogens is 368 g/mol. The zero-order valence-corrected chi connectivity index (χ0v) is 17.8. The molecule has 152 valence electrons. The van der Waals surface area contributed by atoms with E-state index in [4.69, 9.17) is 9.47 Å². The van der Waals surface area contributed by atoms with Crippen molar-refractivity contribution in [3.05, 3.63) is 29.5 Å². The minimum absolute atomic E-state index is 0. The summed E-state index contributed by atoms with van der Waals surface area (Å²) in [6.45, 7) is 10.8. The molecule has 2 aromatic rings. The molecular formula is C20H31ClN2O4. The summed E-state index contributed by atoms with van der Waals surface area (Å²) in [7, 11) is 1.92. The molecule has 1 aromatic carbocycles. The van der Waals surface area contributed by atoms with Crippen molar-refractivity contribution in [2.75, 3.05) is 19.8 Å². The Morgan fingerprint density at radius 3 is 2.59 bits per heavy atom. The molecule has 0 amide bonds. The molecule has 0 aliphatic carbocycles. The molecule has 0 aliphatic rings. The van der Waals surface area contributed by atoms with Crippen molar-refractivity contribution in [1.29, 1.82) is 0 Å². The third-order valence-corrected chi connectivity index (χ3v) is 4.25. The number of hydrogen-bond acceptors (Lipinski definition) is 5. The van der Waals surface area contributed by atoms with E-state index in [1.165, 1.54) is 0 Å². The molecule has 1 aromatic heterocycles. The Kier molecular flexibility index (Phi) is 8.14. The van der Waals surface area contributed by atoms with Crippen molar-refractivity contribution in [2.24, 2.45) is 7.05 Å². The van der Waals surface area contributed by atoms with Gasteiger partial charge in [0.15, 0.2) is 0 Å². The van der Waals surface area contributed by atoms with Crippen LogP contribution in [-0.4, -0.2) is 47.0 Å². The number of nitrogens with one attached hydrogen (secondary N) is 1. The van der Waals surface area contributed by atoms with Gasteiger partial charge < -0.3 is 24.5 Å². The number of β-amino-alcohol motifs (C(OH)–C–C–N with tert-alkyl or cyclic N) is 1. The number of carbonyl (C=O) groups is 1. The Bertz CT molecular complexity index is 780. The Balaban J connectivity index is 0.00000364. The highest BCUT2D eigenvalue weighted by molar-refractivity contribution is 6.06. The smallest absolute Gasteiger partial charge is 0.340 e. The molecule has 0 bridgehead atoms. The number of aliphatic hydroxyl groups excluding tert-OH is 1. The maximum Gasteiger partial charge on any atom is 0.340 e. The van der Waals surface area contributed by atoms with Crippen LogP contribution in [-0.2, 0) is 11.8 Å². The number of esters is 1. The average Bonchev–Trinajstić information content (AvgIpc) is 2.81. The number of carbonyl (C=O) groups excluding carboxylic acids is 1. The number of ether oxygens (including phenoxy) is 2. The number of halogens is 1. The first-order valence-corrected chi connectivity index (χ1v) is 8.96. The first-order valence-electron chi connectivity index (χ1n) is 8.96. The standard InChI is InChI=1S/C20H30N2O4.ClH/c1-7-25-19(24)18-13(2)22(6)17-9-8-15(10-16(17)18)26-12-14(23)11-21-20(3,4)5;/h8-10,14,21,23H,7,11-12H2,1-6H3;1H. The average molecular weight is 399 g/mol. The minimum atomic E-state index is -0.619. The highest BCUT2D eigenvalue weighted by atomic mass is 35.5. The molecule has 0 aliphatic heterocycles. The molecule has 2 rings (SSSR count). The quantitative estimate of drug-likeness (QED) is 0.700. The molecule has 1 heterocycles. The minimum Gasteiger partial charge on any atom is -0.491 e. The predicted octanol–water partition coefficient (Wildman–Crippen LogP) is 3.21. The van der Waals surface area contributed by atoms with Gasteiger partial charge in [-0.2, -0.15) is 0 Å². The van der Waals surface area contributed by atoms with E-state index < -0.39 is 6.10 Å². The van der Waals surface area contributed by atoms with Gasteiger partial charge in [-0.1, -0.05) is 0 Å². The largest absolute Gasteiger partial charge is 0.491 e. The van der Waals surface area contributed by atoms with Crippen LogP contribution in [0.4, 0.5) is 0 Å². The van der Waals surface area contributed by atoms with E-state index in [-0.39, 0.29) is 30.5 Å². The van der Waals surface area contributed by atoms with Crippen LogP contribution < -0.4 is 10.1 Å². The van der Waals surface area contributed by atoms with Crippen LogP contribution in [0.1, 0.15) is 43.7 Å². The molecule has 1 unspecified atom stereocenters. The van der Waals surface area contributed by atoms with E-state index in [1.807, 2.05) is 57.5 Å². The number of benzene rings is 1. The van der Waals surface area contributed by atoms with E-state index in [9.17, 15) is 9.90 Å². The maximum atomic E-state index is 12.3. The summed E-state index contributed by atoms with van der Waals surface area (Å²) in [5.74, 6) is 0.283. The summed E-state index contributed by atoms with van der Waals surface area (Å²) in [4.78, 5) is 12.3. The second-order valence-electron chi connectivity index (χ2n) is 7.51. The number of nitrogens with zero attached hydrogens (tertiary/aromatic N) is 1. The Labute approximate surface area is 167 Å². The van der Waals surface area contributed by atoms with Crippen LogP contribution in [0.25, 0.3) is 10.9 Å². The second kappa shape index (κ2) is 9.44. The zero-order chi connectivity index (χ0) is 19.5. The highest BCUT2D eigenvalue weighted by Gasteiger charge is 2.20. The highest BCUT2D eigenvalue weighted by Crippen LogP contribution is 2.29. The fraction of sp³-hybridized carbons (Fsp3) is 0.550. The topological polar surface area (TPSA) is 72.7 Å². The van der Waals surface area contributed by atoms with E-state index in [0.717, 1.165) is 16.6 Å². The first-order chi connectivity index (χ1) is 12.1. The van der Waals surface area contributed by atoms with Gasteiger partial charge in [0.1, 0.15) is 18.5 Å². The number of aliphatic hydroxyl groups is 1. The second-order valence-corrected chi connectivity index (χ2v) is 7.51. The zero-order valence-electron chi connectivity index (χ0n) is 17.0. The Hall–Kier alpha value is -1.76. The lowest BCUT2D eigenvalue weighted by molar-refractivity contribution is 0.0527. The van der Waals surface area contributed by atoms with Gasteiger partial charge in [-0.05, 0) is 52.8 Å². The van der Waals surface area contributed by atoms with Gasteiger partial charge in [0, 0.05) is 35.7 Å². The molecule has 6 nitrogen and oxygen atoms in total. The lowest BCUT2D eigenvalue weighted by atomic mass is 10.1. The molecule has 0 saturated heterocycles. The van der Waals surface area contributed by atoms with Crippen LogP contribution in [0.3, 0.4) is 0 Å². The van der Waals surface area contributed by atoms with E-state index >= 15 is 0 Å². The normalized spacial score (nSPS) is 12.6. The van der Waals surface area contributed by atoms with Gasteiger partial charge in [-0.25, -0.2) is 4.79 Å². The Morgan fingerprint density at radius 1 is 1.33 bits per heavy atom.